The van der Waals surface area contributed by atoms with Crippen LogP contribution >= 0.6 is 0 Å². The normalized spacial score (nSPS) is 16.9. The summed E-state index contributed by atoms with van der Waals surface area (Å²) in [5.74, 6) is 0.199. The Bertz CT molecular complexity index is 480. The van der Waals surface area contributed by atoms with Crippen LogP contribution in [0.15, 0.2) is 29.4 Å². The van der Waals surface area contributed by atoms with E-state index in [4.69, 9.17) is 14.7 Å². The molecule has 0 unspecified atom stereocenters. The molecule has 0 aromatic heterocycles. The summed E-state index contributed by atoms with van der Waals surface area (Å²) in [6.45, 7) is 2.11. The summed E-state index contributed by atoms with van der Waals surface area (Å²) in [4.78, 5) is 12.0. The maximum Gasteiger partial charge on any atom is 0.350 e. The average molecular weight is 263 g/mol. The molecule has 0 saturated heterocycles. The van der Waals surface area contributed by atoms with Crippen molar-refractivity contribution in [2.24, 2.45) is 5.16 Å². The van der Waals surface area contributed by atoms with Gasteiger partial charge in [-0.2, -0.15) is 0 Å². The Morgan fingerprint density at radius 2 is 2.21 bits per heavy atom. The van der Waals surface area contributed by atoms with Crippen LogP contribution in [0.4, 0.5) is 0 Å². The Hall–Kier alpha value is -2.04. The van der Waals surface area contributed by atoms with Gasteiger partial charge in [0.25, 0.3) is 0 Å². The zero-order valence-electron chi connectivity index (χ0n) is 10.8. The van der Waals surface area contributed by atoms with Crippen molar-refractivity contribution in [2.45, 2.75) is 31.8 Å². The van der Waals surface area contributed by atoms with E-state index in [1.54, 1.807) is 19.1 Å². The minimum Gasteiger partial charge on any atom is -0.475 e. The number of carbonyl (C=O) groups is 1. The number of ether oxygens (including phenoxy) is 2. The summed E-state index contributed by atoms with van der Waals surface area (Å²) in [6.07, 6.45) is 3.52. The lowest BCUT2D eigenvalue weighted by molar-refractivity contribution is -0.169. The number of benzene rings is 1. The fourth-order valence-corrected chi connectivity index (χ4v) is 2.06. The van der Waals surface area contributed by atoms with Gasteiger partial charge in [0, 0.05) is 5.56 Å². The van der Waals surface area contributed by atoms with Gasteiger partial charge in [-0.25, -0.2) is 4.79 Å². The molecule has 1 aliphatic rings. The van der Waals surface area contributed by atoms with E-state index in [0.717, 1.165) is 6.42 Å². The Morgan fingerprint density at radius 1 is 1.47 bits per heavy atom. The third-order valence-corrected chi connectivity index (χ3v) is 3.23. The Balaban J connectivity index is 2.21. The van der Waals surface area contributed by atoms with Crippen LogP contribution in [0.1, 0.15) is 31.7 Å². The summed E-state index contributed by atoms with van der Waals surface area (Å²) in [7, 11) is 0. The average Bonchev–Trinajstić information content (AvgIpc) is 2.36. The summed E-state index contributed by atoms with van der Waals surface area (Å²) in [5.41, 5.74) is -0.254. The fourth-order valence-electron chi connectivity index (χ4n) is 2.06. The van der Waals surface area contributed by atoms with Crippen LogP contribution in [0.3, 0.4) is 0 Å². The van der Waals surface area contributed by atoms with Crippen LogP contribution in [0, 0.1) is 0 Å². The van der Waals surface area contributed by atoms with Crippen molar-refractivity contribution in [1.29, 1.82) is 0 Å². The molecule has 1 aromatic carbocycles. The molecule has 1 saturated carbocycles. The number of nitrogens with zero attached hydrogens (tertiary/aromatic N) is 1. The van der Waals surface area contributed by atoms with Gasteiger partial charge in [0.15, 0.2) is 0 Å². The number of hydrogen-bond acceptors (Lipinski definition) is 5. The smallest absolute Gasteiger partial charge is 0.350 e. The Labute approximate surface area is 111 Å². The van der Waals surface area contributed by atoms with Crippen LogP contribution in [0.5, 0.6) is 5.75 Å². The monoisotopic (exact) mass is 263 g/mol. The molecule has 0 amide bonds. The highest BCUT2D eigenvalue weighted by Crippen LogP contribution is 2.38. The molecule has 0 heterocycles. The zero-order chi connectivity index (χ0) is 13.7. The standard InChI is InChI=1S/C14H17NO4/c1-2-18-13(16)14(8-5-9-14)19-12-7-4-3-6-11(12)10-15-17/h3-4,6-7,10,17H,2,5,8-9H2,1H3/b15-10+. The van der Waals surface area contributed by atoms with E-state index in [2.05, 4.69) is 5.16 Å². The maximum atomic E-state index is 12.0. The van der Waals surface area contributed by atoms with E-state index in [1.165, 1.54) is 6.21 Å². The molecule has 1 fully saturated rings. The second-order valence-corrected chi connectivity index (χ2v) is 4.45. The molecule has 0 atom stereocenters. The van der Waals surface area contributed by atoms with Gasteiger partial charge in [0.2, 0.25) is 5.60 Å². The van der Waals surface area contributed by atoms with Crippen LogP contribution in [0.25, 0.3) is 0 Å². The lowest BCUT2D eigenvalue weighted by atomic mass is 9.80. The molecule has 1 aliphatic carbocycles. The first-order chi connectivity index (χ1) is 9.22. The first-order valence-electron chi connectivity index (χ1n) is 6.34. The molecule has 19 heavy (non-hydrogen) atoms. The number of hydrogen-bond donors (Lipinski definition) is 1. The zero-order valence-corrected chi connectivity index (χ0v) is 10.8. The highest BCUT2D eigenvalue weighted by atomic mass is 16.6. The van der Waals surface area contributed by atoms with Crippen molar-refractivity contribution < 1.29 is 19.5 Å². The molecular formula is C14H17NO4. The lowest BCUT2D eigenvalue weighted by Crippen LogP contribution is -2.51. The van der Waals surface area contributed by atoms with Crippen molar-refractivity contribution in [1.82, 2.24) is 0 Å². The van der Waals surface area contributed by atoms with Crippen molar-refractivity contribution in [3.05, 3.63) is 29.8 Å². The van der Waals surface area contributed by atoms with Gasteiger partial charge in [0.05, 0.1) is 12.8 Å². The van der Waals surface area contributed by atoms with Crippen molar-refractivity contribution in [3.8, 4) is 5.75 Å². The fraction of sp³-hybridized carbons (Fsp3) is 0.429. The molecule has 1 N–H and O–H groups in total. The molecule has 0 spiro atoms. The second kappa shape index (κ2) is 5.73. The van der Waals surface area contributed by atoms with Gasteiger partial charge in [-0.3, -0.25) is 0 Å². The molecular weight excluding hydrogens is 246 g/mol. The molecule has 0 bridgehead atoms. The quantitative estimate of drug-likeness (QED) is 0.383. The number of rotatable bonds is 5. The van der Waals surface area contributed by atoms with E-state index >= 15 is 0 Å². The number of esters is 1. The molecule has 5 heteroatoms. The van der Waals surface area contributed by atoms with Gasteiger partial charge in [0.1, 0.15) is 5.75 Å². The largest absolute Gasteiger partial charge is 0.475 e. The van der Waals surface area contributed by atoms with E-state index in [9.17, 15) is 4.79 Å². The van der Waals surface area contributed by atoms with Gasteiger partial charge in [-0.05, 0) is 38.3 Å². The van der Waals surface area contributed by atoms with Gasteiger partial charge < -0.3 is 14.7 Å². The predicted molar refractivity (Wildman–Crippen MR) is 69.7 cm³/mol. The van der Waals surface area contributed by atoms with Crippen LogP contribution in [-0.2, 0) is 9.53 Å². The summed E-state index contributed by atoms with van der Waals surface area (Å²) in [5, 5.41) is 11.6. The summed E-state index contributed by atoms with van der Waals surface area (Å²) >= 11 is 0. The summed E-state index contributed by atoms with van der Waals surface area (Å²) < 4.78 is 10.9. The van der Waals surface area contributed by atoms with Crippen molar-refractivity contribution in [3.63, 3.8) is 0 Å². The minimum absolute atomic E-state index is 0.322. The first kappa shape index (κ1) is 13.4. The Kier molecular flexibility index (Phi) is 4.04. The molecule has 5 nitrogen and oxygen atoms in total. The predicted octanol–water partition coefficient (Wildman–Crippen LogP) is 2.36. The Morgan fingerprint density at radius 3 is 2.79 bits per heavy atom. The first-order valence-corrected chi connectivity index (χ1v) is 6.34. The maximum absolute atomic E-state index is 12.0. The lowest BCUT2D eigenvalue weighted by Gasteiger charge is -2.39. The van der Waals surface area contributed by atoms with Crippen molar-refractivity contribution >= 4 is 12.2 Å². The molecule has 0 aliphatic heterocycles. The molecule has 102 valence electrons. The topological polar surface area (TPSA) is 68.1 Å². The third-order valence-electron chi connectivity index (χ3n) is 3.23. The van der Waals surface area contributed by atoms with E-state index in [-0.39, 0.29) is 5.97 Å². The second-order valence-electron chi connectivity index (χ2n) is 4.45. The number of carbonyl (C=O) groups excluding carboxylic acids is 1. The molecule has 0 radical (unpaired) electrons. The van der Waals surface area contributed by atoms with Gasteiger partial charge in [-0.1, -0.05) is 17.3 Å². The van der Waals surface area contributed by atoms with E-state index in [0.29, 0.717) is 30.8 Å². The highest BCUT2D eigenvalue weighted by Gasteiger charge is 2.48. The van der Waals surface area contributed by atoms with Crippen LogP contribution in [0.2, 0.25) is 0 Å². The van der Waals surface area contributed by atoms with Crippen LogP contribution < -0.4 is 4.74 Å². The SMILES string of the molecule is CCOC(=O)C1(Oc2ccccc2/C=N/O)CCC1. The molecule has 1 aromatic rings. The number of para-hydroxylation sites is 1. The van der Waals surface area contributed by atoms with E-state index < -0.39 is 5.60 Å². The summed E-state index contributed by atoms with van der Waals surface area (Å²) in [6, 6.07) is 7.12. The van der Waals surface area contributed by atoms with Crippen LogP contribution in [-0.4, -0.2) is 29.6 Å². The van der Waals surface area contributed by atoms with Crippen molar-refractivity contribution in [2.75, 3.05) is 6.61 Å². The highest BCUT2D eigenvalue weighted by molar-refractivity contribution is 5.85. The molecule has 2 rings (SSSR count). The van der Waals surface area contributed by atoms with Gasteiger partial charge >= 0.3 is 5.97 Å². The van der Waals surface area contributed by atoms with Gasteiger partial charge in [-0.15, -0.1) is 0 Å². The third kappa shape index (κ3) is 2.70. The van der Waals surface area contributed by atoms with E-state index in [1.807, 2.05) is 12.1 Å². The number of oxime groups is 1. The minimum atomic E-state index is -0.880.